The molecule has 0 amide bonds. The van der Waals surface area contributed by atoms with E-state index in [9.17, 15) is 14.4 Å². The number of hydrogen-bond donors (Lipinski definition) is 0. The van der Waals surface area contributed by atoms with E-state index < -0.39 is 23.5 Å². The zero-order chi connectivity index (χ0) is 16.5. The summed E-state index contributed by atoms with van der Waals surface area (Å²) >= 11 is 0. The normalized spacial score (nSPS) is 11.1. The van der Waals surface area contributed by atoms with Gasteiger partial charge >= 0.3 is 17.9 Å². The van der Waals surface area contributed by atoms with E-state index in [-0.39, 0.29) is 32.8 Å². The van der Waals surface area contributed by atoms with Gasteiger partial charge in [0.05, 0.1) is 32.8 Å². The second-order valence-corrected chi connectivity index (χ2v) is 5.34. The van der Waals surface area contributed by atoms with Crippen LogP contribution in [0.1, 0.15) is 34.6 Å². The quantitative estimate of drug-likeness (QED) is 0.483. The van der Waals surface area contributed by atoms with Crippen molar-refractivity contribution in [1.29, 1.82) is 0 Å². The molecule has 21 heavy (non-hydrogen) atoms. The van der Waals surface area contributed by atoms with Crippen molar-refractivity contribution in [3.63, 3.8) is 0 Å². The molecule has 0 spiro atoms. The highest BCUT2D eigenvalue weighted by Crippen LogP contribution is 2.07. The van der Waals surface area contributed by atoms with Gasteiger partial charge in [0.25, 0.3) is 0 Å². The monoisotopic (exact) mass is 303 g/mol. The number of rotatable bonds is 8. The Bertz CT molecular complexity index is 341. The Labute approximate surface area is 125 Å². The summed E-state index contributed by atoms with van der Waals surface area (Å²) in [5.74, 6) is -1.54. The van der Waals surface area contributed by atoms with E-state index in [1.807, 2.05) is 0 Å². The first-order chi connectivity index (χ1) is 9.67. The Hall–Kier alpha value is -1.63. The van der Waals surface area contributed by atoms with E-state index in [2.05, 4.69) is 0 Å². The van der Waals surface area contributed by atoms with Gasteiger partial charge in [0.2, 0.25) is 0 Å². The van der Waals surface area contributed by atoms with Crippen LogP contribution in [0.15, 0.2) is 0 Å². The van der Waals surface area contributed by atoms with E-state index in [1.54, 1.807) is 34.6 Å². The third-order valence-corrected chi connectivity index (χ3v) is 2.09. The summed E-state index contributed by atoms with van der Waals surface area (Å²) in [7, 11) is 0. The summed E-state index contributed by atoms with van der Waals surface area (Å²) in [6, 6.07) is 0. The van der Waals surface area contributed by atoms with Gasteiger partial charge in [-0.25, -0.2) is 0 Å². The maximum atomic E-state index is 11.8. The number of esters is 3. The predicted molar refractivity (Wildman–Crippen MR) is 75.6 cm³/mol. The minimum Gasteiger partial charge on any atom is -0.465 e. The van der Waals surface area contributed by atoms with Gasteiger partial charge in [-0.1, -0.05) is 0 Å². The molecule has 0 unspecified atom stereocenters. The third-order valence-electron chi connectivity index (χ3n) is 2.09. The summed E-state index contributed by atoms with van der Waals surface area (Å²) in [5.41, 5.74) is -0.628. The molecule has 0 saturated heterocycles. The van der Waals surface area contributed by atoms with Crippen LogP contribution in [0.5, 0.6) is 0 Å². The lowest BCUT2D eigenvalue weighted by atomic mass is 10.2. The van der Waals surface area contributed by atoms with Gasteiger partial charge in [0.15, 0.2) is 0 Å². The number of nitrogens with zero attached hydrogens (tertiary/aromatic N) is 1. The maximum Gasteiger partial charge on any atom is 0.320 e. The van der Waals surface area contributed by atoms with Crippen molar-refractivity contribution >= 4 is 17.9 Å². The van der Waals surface area contributed by atoms with Crippen molar-refractivity contribution < 1.29 is 28.6 Å². The number of carbonyl (C=O) groups is 3. The fourth-order valence-corrected chi connectivity index (χ4v) is 1.50. The molecule has 122 valence electrons. The molecule has 0 aliphatic heterocycles. The minimum atomic E-state index is -0.628. The number of carbonyl (C=O) groups excluding carboxylic acids is 3. The van der Waals surface area contributed by atoms with Crippen LogP contribution in [0.4, 0.5) is 0 Å². The van der Waals surface area contributed by atoms with Crippen LogP contribution < -0.4 is 0 Å². The summed E-state index contributed by atoms with van der Waals surface area (Å²) in [5, 5.41) is 0. The van der Waals surface area contributed by atoms with Crippen LogP contribution in [0.3, 0.4) is 0 Å². The molecule has 0 radical (unpaired) electrons. The van der Waals surface area contributed by atoms with E-state index in [0.29, 0.717) is 0 Å². The van der Waals surface area contributed by atoms with Crippen LogP contribution in [0, 0.1) is 0 Å². The molecule has 0 aliphatic carbocycles. The third kappa shape index (κ3) is 10.8. The van der Waals surface area contributed by atoms with Crippen molar-refractivity contribution in [1.82, 2.24) is 4.90 Å². The van der Waals surface area contributed by atoms with Gasteiger partial charge in [0.1, 0.15) is 5.60 Å². The van der Waals surface area contributed by atoms with Gasteiger partial charge in [-0.15, -0.1) is 0 Å². The van der Waals surface area contributed by atoms with Crippen LogP contribution in [-0.2, 0) is 28.6 Å². The average molecular weight is 303 g/mol. The highest BCUT2D eigenvalue weighted by molar-refractivity contribution is 5.78. The molecule has 7 nitrogen and oxygen atoms in total. The molecule has 0 aromatic carbocycles. The lowest BCUT2D eigenvalue weighted by Crippen LogP contribution is -2.41. The van der Waals surface area contributed by atoms with Crippen LogP contribution in [0.25, 0.3) is 0 Å². The van der Waals surface area contributed by atoms with Gasteiger partial charge in [-0.3, -0.25) is 19.3 Å². The molecular formula is C14H25NO6. The van der Waals surface area contributed by atoms with Crippen molar-refractivity contribution in [2.24, 2.45) is 0 Å². The summed E-state index contributed by atoms with van der Waals surface area (Å²) in [6.45, 7) is 8.52. The molecule has 0 saturated carbocycles. The fourth-order valence-electron chi connectivity index (χ4n) is 1.50. The van der Waals surface area contributed by atoms with Crippen LogP contribution in [0.2, 0.25) is 0 Å². The molecule has 7 heteroatoms. The fraction of sp³-hybridized carbons (Fsp3) is 0.786. The van der Waals surface area contributed by atoms with Gasteiger partial charge in [-0.2, -0.15) is 0 Å². The van der Waals surface area contributed by atoms with Gasteiger partial charge < -0.3 is 14.2 Å². The topological polar surface area (TPSA) is 82.1 Å². The first kappa shape index (κ1) is 19.4. The Balaban J connectivity index is 4.60. The van der Waals surface area contributed by atoms with Crippen LogP contribution >= 0.6 is 0 Å². The van der Waals surface area contributed by atoms with E-state index >= 15 is 0 Å². The van der Waals surface area contributed by atoms with Crippen molar-refractivity contribution in [3.05, 3.63) is 0 Å². The lowest BCUT2D eigenvalue weighted by molar-refractivity contribution is -0.158. The Morgan fingerprint density at radius 1 is 0.810 bits per heavy atom. The lowest BCUT2D eigenvalue weighted by Gasteiger charge is -2.23. The first-order valence-electron chi connectivity index (χ1n) is 6.93. The molecular weight excluding hydrogens is 278 g/mol. The highest BCUT2D eigenvalue weighted by Gasteiger charge is 2.22. The van der Waals surface area contributed by atoms with Crippen LogP contribution in [-0.4, -0.2) is 61.3 Å². The Morgan fingerprint density at radius 3 is 1.52 bits per heavy atom. The molecule has 0 aliphatic rings. The van der Waals surface area contributed by atoms with Gasteiger partial charge in [0, 0.05) is 0 Å². The van der Waals surface area contributed by atoms with Crippen molar-refractivity contribution in [2.75, 3.05) is 32.8 Å². The highest BCUT2D eigenvalue weighted by atomic mass is 16.6. The zero-order valence-corrected chi connectivity index (χ0v) is 13.4. The molecule has 0 N–H and O–H groups in total. The summed E-state index contributed by atoms with van der Waals surface area (Å²) in [6.07, 6.45) is 0. The Morgan fingerprint density at radius 2 is 1.19 bits per heavy atom. The summed E-state index contributed by atoms with van der Waals surface area (Å²) < 4.78 is 14.8. The largest absolute Gasteiger partial charge is 0.465 e. The van der Waals surface area contributed by atoms with Crippen molar-refractivity contribution in [2.45, 2.75) is 40.2 Å². The molecule has 0 heterocycles. The smallest absolute Gasteiger partial charge is 0.320 e. The van der Waals surface area contributed by atoms with E-state index in [1.165, 1.54) is 4.90 Å². The zero-order valence-electron chi connectivity index (χ0n) is 13.4. The van der Waals surface area contributed by atoms with Crippen molar-refractivity contribution in [3.8, 4) is 0 Å². The predicted octanol–water partition coefficient (Wildman–Crippen LogP) is 0.756. The molecule has 0 atom stereocenters. The first-order valence-corrected chi connectivity index (χ1v) is 6.93. The van der Waals surface area contributed by atoms with E-state index in [0.717, 1.165) is 0 Å². The standard InChI is InChI=1S/C14H25NO6/c1-6-19-11(16)8-15(9-12(17)20-7-2)10-13(18)21-14(3,4)5/h6-10H2,1-5H3. The Kier molecular flexibility index (Phi) is 8.61. The molecule has 0 aromatic heterocycles. The molecule has 0 fully saturated rings. The van der Waals surface area contributed by atoms with Gasteiger partial charge in [-0.05, 0) is 34.6 Å². The number of ether oxygens (including phenoxy) is 3. The van der Waals surface area contributed by atoms with E-state index in [4.69, 9.17) is 14.2 Å². The second-order valence-electron chi connectivity index (χ2n) is 5.34. The average Bonchev–Trinajstić information content (AvgIpc) is 2.25. The molecule has 0 aromatic rings. The molecule has 0 bridgehead atoms. The summed E-state index contributed by atoms with van der Waals surface area (Å²) in [4.78, 5) is 36.1. The molecule has 0 rings (SSSR count). The minimum absolute atomic E-state index is 0.175. The number of hydrogen-bond acceptors (Lipinski definition) is 7. The maximum absolute atomic E-state index is 11.8. The second kappa shape index (κ2) is 9.33. The SMILES string of the molecule is CCOC(=O)CN(CC(=O)OCC)CC(=O)OC(C)(C)C.